The van der Waals surface area contributed by atoms with Crippen LogP contribution in [-0.4, -0.2) is 26.0 Å². The molecule has 1 aliphatic heterocycles. The van der Waals surface area contributed by atoms with Gasteiger partial charge < -0.3 is 9.52 Å². The summed E-state index contributed by atoms with van der Waals surface area (Å²) in [6.45, 7) is 0.321. The van der Waals surface area contributed by atoms with E-state index >= 15 is 0 Å². The minimum atomic E-state index is -3.87. The molecule has 1 aromatic heterocycles. The molecule has 0 bridgehead atoms. The van der Waals surface area contributed by atoms with E-state index < -0.39 is 21.8 Å². The zero-order valence-electron chi connectivity index (χ0n) is 10.6. The number of carbonyl (C=O) groups is 1. The lowest BCUT2D eigenvalue weighted by atomic mass is 10.2. The Morgan fingerprint density at radius 1 is 1.33 bits per heavy atom. The highest BCUT2D eigenvalue weighted by molar-refractivity contribution is 9.10. The second kappa shape index (κ2) is 4.88. The van der Waals surface area contributed by atoms with E-state index in [0.29, 0.717) is 18.7 Å². The maximum absolute atomic E-state index is 12.7. The topological polar surface area (TPSA) is 87.8 Å². The first kappa shape index (κ1) is 14.2. The standard InChI is InChI=1S/C13H10BrNO5S/c14-12-11(7-10(20-12)13(16)17)21(18,19)15-6-5-8-3-1-2-4-9(8)15/h1-4,7H,5-6H2,(H,16,17). The van der Waals surface area contributed by atoms with Crippen LogP contribution >= 0.6 is 15.9 Å². The summed E-state index contributed by atoms with van der Waals surface area (Å²) in [4.78, 5) is 10.7. The number of para-hydroxylation sites is 1. The lowest BCUT2D eigenvalue weighted by Crippen LogP contribution is -2.29. The minimum absolute atomic E-state index is 0.107. The fourth-order valence-electron chi connectivity index (χ4n) is 2.31. The fraction of sp³-hybridized carbons (Fsp3) is 0.154. The molecular weight excluding hydrogens is 362 g/mol. The summed E-state index contributed by atoms with van der Waals surface area (Å²) >= 11 is 2.97. The van der Waals surface area contributed by atoms with E-state index in [0.717, 1.165) is 11.6 Å². The van der Waals surface area contributed by atoms with Gasteiger partial charge in [0.05, 0.1) is 5.69 Å². The number of aromatic carboxylic acids is 1. The van der Waals surface area contributed by atoms with Crippen LogP contribution in [0.2, 0.25) is 0 Å². The molecule has 1 aromatic carbocycles. The molecule has 8 heteroatoms. The number of carboxylic acids is 1. The highest BCUT2D eigenvalue weighted by Crippen LogP contribution is 2.36. The van der Waals surface area contributed by atoms with Crippen molar-refractivity contribution in [1.82, 2.24) is 0 Å². The molecule has 0 radical (unpaired) electrons. The average molecular weight is 372 g/mol. The van der Waals surface area contributed by atoms with Gasteiger partial charge in [0.1, 0.15) is 4.90 Å². The number of carboxylic acid groups (broad SMARTS) is 1. The lowest BCUT2D eigenvalue weighted by molar-refractivity contribution is 0.0661. The van der Waals surface area contributed by atoms with E-state index in [1.165, 1.54) is 4.31 Å². The summed E-state index contributed by atoms with van der Waals surface area (Å²) in [5.41, 5.74) is 1.56. The Bertz CT molecular complexity index is 827. The third kappa shape index (κ3) is 2.24. The molecule has 0 atom stereocenters. The van der Waals surface area contributed by atoms with Gasteiger partial charge in [0.15, 0.2) is 4.67 Å². The molecule has 0 fully saturated rings. The Morgan fingerprint density at radius 2 is 2.05 bits per heavy atom. The summed E-state index contributed by atoms with van der Waals surface area (Å²) in [6.07, 6.45) is 0.622. The number of rotatable bonds is 3. The van der Waals surface area contributed by atoms with E-state index in [1.807, 2.05) is 12.1 Å². The van der Waals surface area contributed by atoms with Crippen molar-refractivity contribution in [2.45, 2.75) is 11.3 Å². The van der Waals surface area contributed by atoms with Crippen molar-refractivity contribution in [3.05, 3.63) is 46.3 Å². The van der Waals surface area contributed by atoms with Crippen molar-refractivity contribution < 1.29 is 22.7 Å². The molecule has 1 aliphatic rings. The van der Waals surface area contributed by atoms with Gasteiger partial charge in [-0.1, -0.05) is 18.2 Å². The van der Waals surface area contributed by atoms with E-state index in [4.69, 9.17) is 9.52 Å². The first-order valence-corrected chi connectivity index (χ1v) is 8.28. The maximum Gasteiger partial charge on any atom is 0.371 e. The van der Waals surface area contributed by atoms with Gasteiger partial charge in [-0.2, -0.15) is 0 Å². The Balaban J connectivity index is 2.08. The highest BCUT2D eigenvalue weighted by Gasteiger charge is 2.34. The second-order valence-corrected chi connectivity index (χ2v) is 7.06. The van der Waals surface area contributed by atoms with Crippen LogP contribution in [0.15, 0.2) is 44.3 Å². The molecule has 0 saturated heterocycles. The predicted octanol–water partition coefficient (Wildman–Crippen LogP) is 2.49. The molecule has 21 heavy (non-hydrogen) atoms. The summed E-state index contributed by atoms with van der Waals surface area (Å²) in [5, 5.41) is 8.89. The first-order chi connectivity index (χ1) is 9.91. The molecule has 110 valence electrons. The Morgan fingerprint density at radius 3 is 2.71 bits per heavy atom. The van der Waals surface area contributed by atoms with Crippen molar-refractivity contribution in [3.63, 3.8) is 0 Å². The number of halogens is 1. The van der Waals surface area contributed by atoms with Crippen LogP contribution in [0, 0.1) is 0 Å². The highest BCUT2D eigenvalue weighted by atomic mass is 79.9. The van der Waals surface area contributed by atoms with Gasteiger partial charge in [-0.05, 0) is 34.0 Å². The molecule has 0 spiro atoms. The third-order valence-electron chi connectivity index (χ3n) is 3.28. The van der Waals surface area contributed by atoms with Crippen molar-refractivity contribution in [1.29, 1.82) is 0 Å². The van der Waals surface area contributed by atoms with Crippen molar-refractivity contribution in [3.8, 4) is 0 Å². The molecule has 3 rings (SSSR count). The SMILES string of the molecule is O=C(O)c1cc(S(=O)(=O)N2CCc3ccccc32)c(Br)o1. The number of fused-ring (bicyclic) bond motifs is 1. The average Bonchev–Trinajstić information content (AvgIpc) is 3.02. The number of sulfonamides is 1. The predicted molar refractivity (Wildman–Crippen MR) is 78.0 cm³/mol. The number of furan rings is 1. The molecule has 0 aliphatic carbocycles. The van der Waals surface area contributed by atoms with E-state index in [-0.39, 0.29) is 9.56 Å². The summed E-state index contributed by atoms with van der Waals surface area (Å²) in [6, 6.07) is 8.23. The van der Waals surface area contributed by atoms with Crippen molar-refractivity contribution in [2.24, 2.45) is 0 Å². The quantitative estimate of drug-likeness (QED) is 0.895. The summed E-state index contributed by atoms with van der Waals surface area (Å²) in [5.74, 6) is -1.74. The first-order valence-electron chi connectivity index (χ1n) is 6.04. The van der Waals surface area contributed by atoms with Crippen LogP contribution in [-0.2, 0) is 16.4 Å². The zero-order valence-corrected chi connectivity index (χ0v) is 13.0. The number of hydrogen-bond donors (Lipinski definition) is 1. The van der Waals surface area contributed by atoms with Crippen LogP contribution < -0.4 is 4.31 Å². The number of nitrogens with zero attached hydrogens (tertiary/aromatic N) is 1. The zero-order chi connectivity index (χ0) is 15.2. The van der Waals surface area contributed by atoms with Crippen molar-refractivity contribution in [2.75, 3.05) is 10.8 Å². The van der Waals surface area contributed by atoms with Gasteiger partial charge in [-0.25, -0.2) is 13.2 Å². The molecule has 2 aromatic rings. The number of anilines is 1. The normalized spacial score (nSPS) is 14.2. The molecular formula is C13H10BrNO5S. The van der Waals surface area contributed by atoms with Crippen molar-refractivity contribution >= 4 is 37.6 Å². The Kier molecular flexibility index (Phi) is 3.29. The number of benzene rings is 1. The molecule has 0 unspecified atom stereocenters. The lowest BCUT2D eigenvalue weighted by Gasteiger charge is -2.18. The van der Waals surface area contributed by atoms with Gasteiger partial charge in [-0.3, -0.25) is 4.31 Å². The summed E-state index contributed by atoms with van der Waals surface area (Å²) in [7, 11) is -3.87. The molecule has 2 heterocycles. The van der Waals surface area contributed by atoms with E-state index in [2.05, 4.69) is 15.9 Å². The molecule has 6 nitrogen and oxygen atoms in total. The van der Waals surface area contributed by atoms with Crippen LogP contribution in [0.5, 0.6) is 0 Å². The largest absolute Gasteiger partial charge is 0.475 e. The Hall–Kier alpha value is -1.80. The van der Waals surface area contributed by atoms with Gasteiger partial charge in [-0.15, -0.1) is 0 Å². The van der Waals surface area contributed by atoms with Crippen LogP contribution in [0.1, 0.15) is 16.1 Å². The van der Waals surface area contributed by atoms with E-state index in [9.17, 15) is 13.2 Å². The van der Waals surface area contributed by atoms with E-state index in [1.54, 1.807) is 12.1 Å². The molecule has 0 saturated carbocycles. The molecule has 1 N–H and O–H groups in total. The van der Waals surface area contributed by atoms with Crippen LogP contribution in [0.25, 0.3) is 0 Å². The van der Waals surface area contributed by atoms with Gasteiger partial charge in [0.25, 0.3) is 10.0 Å². The van der Waals surface area contributed by atoms with Gasteiger partial charge in [0.2, 0.25) is 5.76 Å². The smallest absolute Gasteiger partial charge is 0.371 e. The maximum atomic E-state index is 12.7. The van der Waals surface area contributed by atoms with Gasteiger partial charge >= 0.3 is 5.97 Å². The van der Waals surface area contributed by atoms with Gasteiger partial charge in [0, 0.05) is 12.6 Å². The second-order valence-electron chi connectivity index (χ2n) is 4.51. The van der Waals surface area contributed by atoms with Crippen LogP contribution in [0.4, 0.5) is 5.69 Å². The Labute approximate surface area is 129 Å². The number of hydrogen-bond acceptors (Lipinski definition) is 4. The minimum Gasteiger partial charge on any atom is -0.475 e. The fourth-order valence-corrected chi connectivity index (χ4v) is 4.72. The van der Waals surface area contributed by atoms with Crippen LogP contribution in [0.3, 0.4) is 0 Å². The third-order valence-corrected chi connectivity index (χ3v) is 5.95. The monoisotopic (exact) mass is 371 g/mol. The molecule has 0 amide bonds. The summed E-state index contributed by atoms with van der Waals surface area (Å²) < 4.78 is 31.5.